The van der Waals surface area contributed by atoms with Crippen LogP contribution in [0.5, 0.6) is 11.5 Å². The molecule has 1 heterocycles. The number of hydrogen-bond donors (Lipinski definition) is 2. The Kier molecular flexibility index (Phi) is 8.51. The molecule has 1 saturated heterocycles. The summed E-state index contributed by atoms with van der Waals surface area (Å²) in [5, 5.41) is 5.66. The van der Waals surface area contributed by atoms with Gasteiger partial charge < -0.3 is 25.0 Å². The van der Waals surface area contributed by atoms with Gasteiger partial charge in [-0.2, -0.15) is 0 Å². The van der Waals surface area contributed by atoms with Gasteiger partial charge in [0.1, 0.15) is 17.5 Å². The topological polar surface area (TPSA) is 97.0 Å². The predicted octanol–water partition coefficient (Wildman–Crippen LogP) is 3.22. The van der Waals surface area contributed by atoms with Crippen molar-refractivity contribution >= 4 is 23.4 Å². The molecule has 1 aliphatic rings. The molecule has 3 unspecified atom stereocenters. The molecule has 8 heteroatoms. The van der Waals surface area contributed by atoms with E-state index in [0.717, 1.165) is 12.0 Å². The lowest BCUT2D eigenvalue weighted by atomic mass is 9.83. The zero-order valence-corrected chi connectivity index (χ0v) is 20.2. The van der Waals surface area contributed by atoms with E-state index in [-0.39, 0.29) is 24.1 Å². The molecule has 3 rings (SSSR count). The van der Waals surface area contributed by atoms with Crippen LogP contribution < -0.4 is 25.0 Å². The zero-order valence-electron chi connectivity index (χ0n) is 20.2. The number of rotatable bonds is 9. The Morgan fingerprint density at radius 3 is 2.18 bits per heavy atom. The van der Waals surface area contributed by atoms with Crippen molar-refractivity contribution in [1.82, 2.24) is 10.6 Å². The lowest BCUT2D eigenvalue weighted by molar-refractivity contribution is -0.133. The van der Waals surface area contributed by atoms with Crippen molar-refractivity contribution in [3.63, 3.8) is 0 Å². The van der Waals surface area contributed by atoms with E-state index in [0.29, 0.717) is 30.2 Å². The van der Waals surface area contributed by atoms with Crippen molar-refractivity contribution in [2.75, 3.05) is 25.7 Å². The number of hydrogen-bond acceptors (Lipinski definition) is 5. The van der Waals surface area contributed by atoms with Crippen LogP contribution in [0.3, 0.4) is 0 Å². The van der Waals surface area contributed by atoms with Crippen LogP contribution >= 0.6 is 0 Å². The van der Waals surface area contributed by atoms with Gasteiger partial charge in [-0.25, -0.2) is 0 Å². The zero-order chi connectivity index (χ0) is 24.7. The van der Waals surface area contributed by atoms with Crippen molar-refractivity contribution < 1.29 is 23.9 Å². The predicted molar refractivity (Wildman–Crippen MR) is 130 cm³/mol. The summed E-state index contributed by atoms with van der Waals surface area (Å²) in [5.74, 6) is 0.277. The number of amides is 3. The summed E-state index contributed by atoms with van der Waals surface area (Å²) in [6, 6.07) is 13.4. The van der Waals surface area contributed by atoms with Gasteiger partial charge in [0, 0.05) is 18.7 Å². The Labute approximate surface area is 200 Å². The van der Waals surface area contributed by atoms with Gasteiger partial charge in [-0.15, -0.1) is 0 Å². The highest BCUT2D eigenvalue weighted by Crippen LogP contribution is 2.41. The van der Waals surface area contributed by atoms with E-state index in [4.69, 9.17) is 9.47 Å². The summed E-state index contributed by atoms with van der Waals surface area (Å²) in [7, 11) is 3.17. The van der Waals surface area contributed by atoms with Crippen LogP contribution in [0.4, 0.5) is 5.69 Å². The maximum atomic E-state index is 13.4. The molecule has 0 aromatic heterocycles. The number of anilines is 1. The van der Waals surface area contributed by atoms with Crippen molar-refractivity contribution in [2.45, 2.75) is 45.2 Å². The first-order valence-corrected chi connectivity index (χ1v) is 11.6. The lowest BCUT2D eigenvalue weighted by Crippen LogP contribution is -2.52. The van der Waals surface area contributed by atoms with Gasteiger partial charge in [0.2, 0.25) is 17.7 Å². The minimum Gasteiger partial charge on any atom is -0.497 e. The van der Waals surface area contributed by atoms with Crippen molar-refractivity contribution in [3.8, 4) is 11.5 Å². The number of piperidine rings is 1. The Bertz CT molecular complexity index is 991. The first-order chi connectivity index (χ1) is 16.4. The van der Waals surface area contributed by atoms with E-state index in [9.17, 15) is 14.4 Å². The quantitative estimate of drug-likeness (QED) is 0.590. The number of methoxy groups -OCH3 is 2. The van der Waals surface area contributed by atoms with Crippen LogP contribution in [0.2, 0.25) is 0 Å². The largest absolute Gasteiger partial charge is 0.497 e. The summed E-state index contributed by atoms with van der Waals surface area (Å²) in [6.45, 7) is 4.19. The molecule has 34 heavy (non-hydrogen) atoms. The first-order valence-electron chi connectivity index (χ1n) is 11.6. The fraction of sp³-hybridized carbons (Fsp3) is 0.423. The first kappa shape index (κ1) is 25.1. The molecule has 2 aromatic carbocycles. The lowest BCUT2D eigenvalue weighted by Gasteiger charge is -2.41. The molecule has 0 spiro atoms. The van der Waals surface area contributed by atoms with Crippen LogP contribution in [0.1, 0.15) is 44.7 Å². The molecule has 0 bridgehead atoms. The highest BCUT2D eigenvalue weighted by molar-refractivity contribution is 5.98. The molecule has 3 atom stereocenters. The van der Waals surface area contributed by atoms with E-state index < -0.39 is 18.0 Å². The van der Waals surface area contributed by atoms with Gasteiger partial charge in [-0.1, -0.05) is 19.1 Å². The summed E-state index contributed by atoms with van der Waals surface area (Å²) in [6.07, 6.45) is 1.43. The molecular weight excluding hydrogens is 434 g/mol. The highest BCUT2D eigenvalue weighted by Gasteiger charge is 2.42. The third-order valence-corrected chi connectivity index (χ3v) is 6.04. The monoisotopic (exact) mass is 467 g/mol. The number of benzene rings is 2. The Hall–Kier alpha value is -3.55. The van der Waals surface area contributed by atoms with Gasteiger partial charge in [0.15, 0.2) is 0 Å². The molecule has 8 nitrogen and oxygen atoms in total. The molecule has 3 amide bonds. The van der Waals surface area contributed by atoms with Gasteiger partial charge in [-0.05, 0) is 61.7 Å². The van der Waals surface area contributed by atoms with Crippen molar-refractivity contribution in [2.24, 2.45) is 5.92 Å². The second-order valence-corrected chi connectivity index (χ2v) is 8.35. The molecule has 0 radical (unpaired) electrons. The number of nitrogens with zero attached hydrogens (tertiary/aromatic N) is 1. The van der Waals surface area contributed by atoms with Crippen LogP contribution in [0.25, 0.3) is 0 Å². The summed E-state index contributed by atoms with van der Waals surface area (Å²) >= 11 is 0. The maximum absolute atomic E-state index is 13.4. The number of carbonyl (C=O) groups excluding carboxylic acids is 3. The molecule has 1 aliphatic heterocycles. The van der Waals surface area contributed by atoms with Gasteiger partial charge >= 0.3 is 0 Å². The number of carbonyl (C=O) groups is 3. The normalized spacial score (nSPS) is 18.7. The average molecular weight is 468 g/mol. The minimum atomic E-state index is -0.678. The second-order valence-electron chi connectivity index (χ2n) is 8.35. The molecule has 2 N–H and O–H groups in total. The van der Waals surface area contributed by atoms with E-state index in [1.54, 1.807) is 38.2 Å². The average Bonchev–Trinajstić information content (AvgIpc) is 2.87. The van der Waals surface area contributed by atoms with Gasteiger partial charge in [0.25, 0.3) is 0 Å². The van der Waals surface area contributed by atoms with E-state index in [2.05, 4.69) is 10.6 Å². The van der Waals surface area contributed by atoms with Crippen molar-refractivity contribution in [1.29, 1.82) is 0 Å². The third kappa shape index (κ3) is 5.68. The maximum Gasteiger partial charge on any atom is 0.242 e. The number of ether oxygens (including phenoxy) is 2. The summed E-state index contributed by atoms with van der Waals surface area (Å²) in [4.78, 5) is 40.6. The van der Waals surface area contributed by atoms with E-state index in [1.165, 1.54) is 0 Å². The molecule has 0 aliphatic carbocycles. The Morgan fingerprint density at radius 1 is 1.03 bits per heavy atom. The molecule has 0 saturated carbocycles. The summed E-state index contributed by atoms with van der Waals surface area (Å²) in [5.41, 5.74) is 1.49. The molecule has 1 fully saturated rings. The Balaban J connectivity index is 1.95. The van der Waals surface area contributed by atoms with Crippen LogP contribution in [-0.2, 0) is 14.4 Å². The fourth-order valence-electron chi connectivity index (χ4n) is 4.18. The van der Waals surface area contributed by atoms with E-state index in [1.807, 2.05) is 43.3 Å². The molecular formula is C26H33N3O5. The highest BCUT2D eigenvalue weighted by atomic mass is 16.5. The van der Waals surface area contributed by atoms with Crippen LogP contribution in [0.15, 0.2) is 48.5 Å². The van der Waals surface area contributed by atoms with Gasteiger partial charge in [-0.3, -0.25) is 14.4 Å². The van der Waals surface area contributed by atoms with E-state index >= 15 is 0 Å². The van der Waals surface area contributed by atoms with Crippen molar-refractivity contribution in [3.05, 3.63) is 54.1 Å². The molecule has 182 valence electrons. The smallest absolute Gasteiger partial charge is 0.242 e. The minimum absolute atomic E-state index is 0.0660. The molecule has 2 aromatic rings. The fourth-order valence-corrected chi connectivity index (χ4v) is 4.18. The standard InChI is InChI=1S/C26H33N3O5/c1-5-16-27-25(31)17(2)28-26(32)22-14-15-23(30)29(19-8-12-21(34-4)13-9-19)24(22)18-6-10-20(33-3)11-7-18/h6-13,17,22,24H,5,14-16H2,1-4H3,(H,27,31)(H,28,32). The van der Waals surface area contributed by atoms with Gasteiger partial charge in [0.05, 0.1) is 26.2 Å². The SMILES string of the molecule is CCCNC(=O)C(C)NC(=O)C1CCC(=O)N(c2ccc(OC)cc2)C1c1ccc(OC)cc1. The van der Waals surface area contributed by atoms with Crippen LogP contribution in [0, 0.1) is 5.92 Å². The Morgan fingerprint density at radius 2 is 1.62 bits per heavy atom. The van der Waals surface area contributed by atoms with Crippen LogP contribution in [-0.4, -0.2) is 44.5 Å². The number of nitrogens with one attached hydrogen (secondary N) is 2. The third-order valence-electron chi connectivity index (χ3n) is 6.04. The second kappa shape index (κ2) is 11.5. The summed E-state index contributed by atoms with van der Waals surface area (Å²) < 4.78 is 10.5.